The molecule has 4 nitrogen and oxygen atoms in total. The summed E-state index contributed by atoms with van der Waals surface area (Å²) in [5.74, 6) is 1.75. The lowest BCUT2D eigenvalue weighted by Crippen LogP contribution is -2.35. The summed E-state index contributed by atoms with van der Waals surface area (Å²) >= 11 is 0. The van der Waals surface area contributed by atoms with Gasteiger partial charge < -0.3 is 15.0 Å². The molecule has 0 aromatic heterocycles. The minimum absolute atomic E-state index is 0.759. The first-order valence-electron chi connectivity index (χ1n) is 5.18. The lowest BCUT2D eigenvalue weighted by Gasteiger charge is -2.16. The van der Waals surface area contributed by atoms with E-state index in [1.54, 1.807) is 14.2 Å². The lowest BCUT2D eigenvalue weighted by molar-refractivity contribution is 0.414. The number of ether oxygens (including phenoxy) is 1. The molecule has 1 rings (SSSR count). The van der Waals surface area contributed by atoms with Crippen molar-refractivity contribution in [3.8, 4) is 5.75 Å². The number of hydrogen-bond acceptors (Lipinski definition) is 2. The molecular weight excluding hydrogens is 202 g/mol. The van der Waals surface area contributed by atoms with Gasteiger partial charge in [0, 0.05) is 27.7 Å². The molecule has 0 radical (unpaired) electrons. The molecule has 0 atom stereocenters. The fourth-order valence-corrected chi connectivity index (χ4v) is 1.36. The Morgan fingerprint density at radius 1 is 1.31 bits per heavy atom. The summed E-state index contributed by atoms with van der Waals surface area (Å²) in [6.45, 7) is 0.759. The van der Waals surface area contributed by atoms with Crippen LogP contribution in [-0.4, -0.2) is 39.1 Å². The SMILES string of the molecule is CN=C(NCc1ccc(OC)cc1)N(C)C. The van der Waals surface area contributed by atoms with E-state index in [1.165, 1.54) is 5.56 Å². The summed E-state index contributed by atoms with van der Waals surface area (Å²) < 4.78 is 5.10. The first kappa shape index (κ1) is 12.4. The number of nitrogens with one attached hydrogen (secondary N) is 1. The Hall–Kier alpha value is -1.71. The molecule has 0 spiro atoms. The highest BCUT2D eigenvalue weighted by molar-refractivity contribution is 5.79. The van der Waals surface area contributed by atoms with Crippen LogP contribution < -0.4 is 10.1 Å². The van der Waals surface area contributed by atoms with Gasteiger partial charge in [0.2, 0.25) is 0 Å². The second-order valence-electron chi connectivity index (χ2n) is 3.64. The van der Waals surface area contributed by atoms with Gasteiger partial charge in [-0.15, -0.1) is 0 Å². The predicted molar refractivity (Wildman–Crippen MR) is 66.9 cm³/mol. The summed E-state index contributed by atoms with van der Waals surface area (Å²) in [6.07, 6.45) is 0. The molecule has 16 heavy (non-hydrogen) atoms. The van der Waals surface area contributed by atoms with Gasteiger partial charge in [-0.3, -0.25) is 4.99 Å². The molecule has 0 aliphatic heterocycles. The molecule has 1 aromatic carbocycles. The third-order valence-electron chi connectivity index (χ3n) is 2.25. The van der Waals surface area contributed by atoms with Crippen LogP contribution in [-0.2, 0) is 6.54 Å². The highest BCUT2D eigenvalue weighted by atomic mass is 16.5. The zero-order valence-electron chi connectivity index (χ0n) is 10.3. The van der Waals surface area contributed by atoms with E-state index in [0.29, 0.717) is 0 Å². The van der Waals surface area contributed by atoms with Gasteiger partial charge in [-0.1, -0.05) is 12.1 Å². The van der Waals surface area contributed by atoms with Crippen molar-refractivity contribution in [1.82, 2.24) is 10.2 Å². The Morgan fingerprint density at radius 3 is 2.38 bits per heavy atom. The molecule has 0 amide bonds. The van der Waals surface area contributed by atoms with Crippen LogP contribution in [0.5, 0.6) is 5.75 Å². The predicted octanol–water partition coefficient (Wildman–Crippen LogP) is 1.33. The molecule has 4 heteroatoms. The van der Waals surface area contributed by atoms with E-state index in [-0.39, 0.29) is 0 Å². The van der Waals surface area contributed by atoms with Gasteiger partial charge in [-0.25, -0.2) is 0 Å². The van der Waals surface area contributed by atoms with Crippen molar-refractivity contribution < 1.29 is 4.74 Å². The molecule has 88 valence electrons. The number of guanidine groups is 1. The van der Waals surface area contributed by atoms with Crippen molar-refractivity contribution in [2.45, 2.75) is 6.54 Å². The number of rotatable bonds is 3. The standard InChI is InChI=1S/C12H19N3O/c1-13-12(15(2)3)14-9-10-5-7-11(16-4)8-6-10/h5-8H,9H2,1-4H3,(H,13,14). The average Bonchev–Trinajstić information content (AvgIpc) is 2.30. The van der Waals surface area contributed by atoms with Crippen molar-refractivity contribution >= 4 is 5.96 Å². The van der Waals surface area contributed by atoms with E-state index in [0.717, 1.165) is 18.3 Å². The van der Waals surface area contributed by atoms with Gasteiger partial charge in [0.15, 0.2) is 5.96 Å². The van der Waals surface area contributed by atoms with Gasteiger partial charge in [0.05, 0.1) is 7.11 Å². The molecule has 0 aliphatic rings. The number of methoxy groups -OCH3 is 1. The van der Waals surface area contributed by atoms with Crippen molar-refractivity contribution in [3.05, 3.63) is 29.8 Å². The number of hydrogen-bond donors (Lipinski definition) is 1. The van der Waals surface area contributed by atoms with Gasteiger partial charge in [0.25, 0.3) is 0 Å². The summed E-state index contributed by atoms with van der Waals surface area (Å²) in [7, 11) is 7.37. The molecular formula is C12H19N3O. The largest absolute Gasteiger partial charge is 0.497 e. The monoisotopic (exact) mass is 221 g/mol. The van der Waals surface area contributed by atoms with Gasteiger partial charge in [0.1, 0.15) is 5.75 Å². The van der Waals surface area contributed by atoms with Crippen LogP contribution >= 0.6 is 0 Å². The lowest BCUT2D eigenvalue weighted by atomic mass is 10.2. The molecule has 1 aromatic rings. The number of nitrogens with zero attached hydrogens (tertiary/aromatic N) is 2. The summed E-state index contributed by atoms with van der Waals surface area (Å²) in [4.78, 5) is 6.09. The van der Waals surface area contributed by atoms with Crippen LogP contribution in [0.4, 0.5) is 0 Å². The number of aliphatic imine (C=N–C) groups is 1. The summed E-state index contributed by atoms with van der Waals surface area (Å²) in [6, 6.07) is 7.98. The van der Waals surface area contributed by atoms with E-state index < -0.39 is 0 Å². The van der Waals surface area contributed by atoms with E-state index in [2.05, 4.69) is 10.3 Å². The topological polar surface area (TPSA) is 36.9 Å². The zero-order chi connectivity index (χ0) is 12.0. The molecule has 0 bridgehead atoms. The van der Waals surface area contributed by atoms with Gasteiger partial charge in [-0.2, -0.15) is 0 Å². The highest BCUT2D eigenvalue weighted by Crippen LogP contribution is 2.10. The van der Waals surface area contributed by atoms with Gasteiger partial charge in [-0.05, 0) is 17.7 Å². The smallest absolute Gasteiger partial charge is 0.193 e. The van der Waals surface area contributed by atoms with Crippen LogP contribution in [0.1, 0.15) is 5.56 Å². The number of benzene rings is 1. The highest BCUT2D eigenvalue weighted by Gasteiger charge is 2.00. The van der Waals surface area contributed by atoms with E-state index in [9.17, 15) is 0 Å². The van der Waals surface area contributed by atoms with Gasteiger partial charge >= 0.3 is 0 Å². The van der Waals surface area contributed by atoms with Crippen molar-refractivity contribution in [3.63, 3.8) is 0 Å². The Labute approximate surface area is 96.9 Å². The zero-order valence-corrected chi connectivity index (χ0v) is 10.3. The maximum Gasteiger partial charge on any atom is 0.193 e. The molecule has 0 saturated heterocycles. The molecule has 0 fully saturated rings. The van der Waals surface area contributed by atoms with Crippen LogP contribution in [0, 0.1) is 0 Å². The average molecular weight is 221 g/mol. The van der Waals surface area contributed by atoms with Crippen LogP contribution in [0.2, 0.25) is 0 Å². The van der Waals surface area contributed by atoms with Crippen molar-refractivity contribution in [1.29, 1.82) is 0 Å². The molecule has 0 saturated carbocycles. The second-order valence-corrected chi connectivity index (χ2v) is 3.64. The fraction of sp³-hybridized carbons (Fsp3) is 0.417. The maximum atomic E-state index is 5.10. The third-order valence-corrected chi connectivity index (χ3v) is 2.25. The minimum Gasteiger partial charge on any atom is -0.497 e. The Bertz CT molecular complexity index is 344. The molecule has 1 N–H and O–H groups in total. The van der Waals surface area contributed by atoms with Crippen LogP contribution in [0.15, 0.2) is 29.3 Å². The molecule has 0 unspecified atom stereocenters. The first-order chi connectivity index (χ1) is 7.67. The third kappa shape index (κ3) is 3.46. The van der Waals surface area contributed by atoms with Crippen molar-refractivity contribution in [2.75, 3.05) is 28.3 Å². The Morgan fingerprint density at radius 2 is 1.94 bits per heavy atom. The van der Waals surface area contributed by atoms with E-state index in [1.807, 2.05) is 43.3 Å². The minimum atomic E-state index is 0.759. The second kappa shape index (κ2) is 6.00. The summed E-state index contributed by atoms with van der Waals surface area (Å²) in [5.41, 5.74) is 1.20. The van der Waals surface area contributed by atoms with E-state index >= 15 is 0 Å². The maximum absolute atomic E-state index is 5.10. The summed E-state index contributed by atoms with van der Waals surface area (Å²) in [5, 5.41) is 3.26. The first-order valence-corrected chi connectivity index (χ1v) is 5.18. The Kier molecular flexibility index (Phi) is 4.64. The van der Waals surface area contributed by atoms with E-state index in [4.69, 9.17) is 4.74 Å². The molecule has 0 heterocycles. The molecule has 0 aliphatic carbocycles. The quantitative estimate of drug-likeness (QED) is 0.618. The van der Waals surface area contributed by atoms with Crippen LogP contribution in [0.3, 0.4) is 0 Å². The normalized spacial score (nSPS) is 11.1. The van der Waals surface area contributed by atoms with Crippen LogP contribution in [0.25, 0.3) is 0 Å². The fourth-order valence-electron chi connectivity index (χ4n) is 1.36. The Balaban J connectivity index is 2.54. The van der Waals surface area contributed by atoms with Crippen molar-refractivity contribution in [2.24, 2.45) is 4.99 Å².